The van der Waals surface area contributed by atoms with Crippen LogP contribution in [0.15, 0.2) is 10.9 Å². The van der Waals surface area contributed by atoms with Gasteiger partial charge in [0.05, 0.1) is 6.54 Å². The lowest BCUT2D eigenvalue weighted by atomic mass is 10.1. The van der Waals surface area contributed by atoms with Gasteiger partial charge in [-0.25, -0.2) is 0 Å². The van der Waals surface area contributed by atoms with Crippen molar-refractivity contribution in [3.05, 3.63) is 12.2 Å². The third kappa shape index (κ3) is 2.30. The van der Waals surface area contributed by atoms with Gasteiger partial charge in [-0.15, -0.1) is 0 Å². The molecule has 0 amide bonds. The summed E-state index contributed by atoms with van der Waals surface area (Å²) in [7, 11) is 0. The van der Waals surface area contributed by atoms with E-state index in [1.54, 1.807) is 0 Å². The summed E-state index contributed by atoms with van der Waals surface area (Å²) in [4.78, 5) is 6.36. The van der Waals surface area contributed by atoms with Crippen molar-refractivity contribution in [3.8, 4) is 0 Å². The molecule has 2 atom stereocenters. The molecule has 1 N–H and O–H groups in total. The molecule has 2 heterocycles. The van der Waals surface area contributed by atoms with E-state index in [4.69, 9.17) is 4.52 Å². The van der Waals surface area contributed by atoms with Gasteiger partial charge < -0.3 is 9.84 Å². The van der Waals surface area contributed by atoms with E-state index in [-0.39, 0.29) is 0 Å². The summed E-state index contributed by atoms with van der Waals surface area (Å²) in [5.41, 5.74) is 0. The van der Waals surface area contributed by atoms with Crippen LogP contribution >= 0.6 is 0 Å². The number of rotatable bonds is 2. The van der Waals surface area contributed by atoms with Crippen LogP contribution in [-0.2, 0) is 6.54 Å². The van der Waals surface area contributed by atoms with E-state index in [1.165, 1.54) is 6.39 Å². The lowest BCUT2D eigenvalue weighted by molar-refractivity contribution is 0.161. The summed E-state index contributed by atoms with van der Waals surface area (Å²) in [6.07, 6.45) is 1.38. The zero-order chi connectivity index (χ0) is 9.97. The Morgan fingerprint density at radius 2 is 2.21 bits per heavy atom. The maximum absolute atomic E-state index is 4.71. The summed E-state index contributed by atoms with van der Waals surface area (Å²) >= 11 is 0. The highest BCUT2D eigenvalue weighted by Crippen LogP contribution is 2.06. The normalized spacial score (nSPS) is 29.3. The van der Waals surface area contributed by atoms with Crippen LogP contribution < -0.4 is 5.32 Å². The van der Waals surface area contributed by atoms with Crippen molar-refractivity contribution in [1.82, 2.24) is 20.4 Å². The van der Waals surface area contributed by atoms with Gasteiger partial charge in [0.1, 0.15) is 0 Å². The number of nitrogens with zero attached hydrogens (tertiary/aromatic N) is 3. The van der Waals surface area contributed by atoms with Crippen LogP contribution in [0.5, 0.6) is 0 Å². The summed E-state index contributed by atoms with van der Waals surface area (Å²) in [5, 5.41) is 7.30. The van der Waals surface area contributed by atoms with Crippen molar-refractivity contribution in [2.75, 3.05) is 13.1 Å². The van der Waals surface area contributed by atoms with Crippen LogP contribution in [0.25, 0.3) is 0 Å². The van der Waals surface area contributed by atoms with Crippen LogP contribution in [-0.4, -0.2) is 40.2 Å². The van der Waals surface area contributed by atoms with Gasteiger partial charge in [0, 0.05) is 25.2 Å². The molecule has 1 aromatic heterocycles. The molecule has 1 aliphatic rings. The van der Waals surface area contributed by atoms with E-state index in [9.17, 15) is 0 Å². The third-order valence-corrected chi connectivity index (χ3v) is 2.41. The predicted molar refractivity (Wildman–Crippen MR) is 51.6 cm³/mol. The lowest BCUT2D eigenvalue weighted by Crippen LogP contribution is -2.53. The second-order valence-electron chi connectivity index (χ2n) is 4.01. The minimum atomic E-state index is 0.533. The topological polar surface area (TPSA) is 54.2 Å². The maximum Gasteiger partial charge on any atom is 0.213 e. The minimum absolute atomic E-state index is 0.533. The van der Waals surface area contributed by atoms with Gasteiger partial charge in [-0.05, 0) is 13.8 Å². The Labute approximate surface area is 83.5 Å². The number of nitrogens with one attached hydrogen (secondary N) is 1. The first-order valence-electron chi connectivity index (χ1n) is 4.97. The number of hydrogen-bond donors (Lipinski definition) is 1. The van der Waals surface area contributed by atoms with Gasteiger partial charge in [0.25, 0.3) is 0 Å². The molecule has 1 aliphatic heterocycles. The molecule has 2 rings (SSSR count). The molecule has 2 unspecified atom stereocenters. The monoisotopic (exact) mass is 196 g/mol. The first-order valence-corrected chi connectivity index (χ1v) is 4.97. The quantitative estimate of drug-likeness (QED) is 0.735. The molecule has 1 fully saturated rings. The van der Waals surface area contributed by atoms with E-state index in [1.807, 2.05) is 0 Å². The van der Waals surface area contributed by atoms with Crippen LogP contribution in [0.4, 0.5) is 0 Å². The molecule has 78 valence electrons. The third-order valence-electron chi connectivity index (χ3n) is 2.41. The van der Waals surface area contributed by atoms with E-state index >= 15 is 0 Å². The molecule has 0 radical (unpaired) electrons. The molecule has 0 spiro atoms. The Balaban J connectivity index is 1.91. The van der Waals surface area contributed by atoms with Gasteiger partial charge in [-0.1, -0.05) is 5.16 Å². The fourth-order valence-corrected chi connectivity index (χ4v) is 2.03. The van der Waals surface area contributed by atoms with Crippen LogP contribution in [0.3, 0.4) is 0 Å². The predicted octanol–water partition coefficient (Wildman–Crippen LogP) is 0.252. The number of aromatic nitrogens is 2. The molecule has 14 heavy (non-hydrogen) atoms. The van der Waals surface area contributed by atoms with Gasteiger partial charge in [-0.2, -0.15) is 4.98 Å². The molecule has 1 saturated heterocycles. The van der Waals surface area contributed by atoms with Crippen LogP contribution in [0, 0.1) is 0 Å². The average molecular weight is 196 g/mol. The summed E-state index contributed by atoms with van der Waals surface area (Å²) < 4.78 is 4.71. The summed E-state index contributed by atoms with van der Waals surface area (Å²) in [5.74, 6) is 0.770. The Bertz CT molecular complexity index is 264. The van der Waals surface area contributed by atoms with Gasteiger partial charge in [0.2, 0.25) is 6.39 Å². The molecule has 0 saturated carbocycles. The zero-order valence-electron chi connectivity index (χ0n) is 8.60. The smallest absolute Gasteiger partial charge is 0.213 e. The second-order valence-corrected chi connectivity index (χ2v) is 4.01. The lowest BCUT2D eigenvalue weighted by Gasteiger charge is -2.35. The van der Waals surface area contributed by atoms with Crippen molar-refractivity contribution >= 4 is 0 Å². The number of hydrogen-bond acceptors (Lipinski definition) is 5. The van der Waals surface area contributed by atoms with E-state index < -0.39 is 0 Å². The largest absolute Gasteiger partial charge is 0.343 e. The fourth-order valence-electron chi connectivity index (χ4n) is 2.03. The Morgan fingerprint density at radius 1 is 1.50 bits per heavy atom. The molecule has 0 aromatic carbocycles. The molecule has 0 bridgehead atoms. The first-order chi connectivity index (χ1) is 6.74. The van der Waals surface area contributed by atoms with E-state index in [0.29, 0.717) is 12.1 Å². The first kappa shape index (κ1) is 9.61. The molecule has 5 nitrogen and oxygen atoms in total. The maximum atomic E-state index is 4.71. The van der Waals surface area contributed by atoms with Crippen LogP contribution in [0.2, 0.25) is 0 Å². The molecule has 0 aliphatic carbocycles. The van der Waals surface area contributed by atoms with Gasteiger partial charge >= 0.3 is 0 Å². The Kier molecular flexibility index (Phi) is 2.79. The highest BCUT2D eigenvalue weighted by Gasteiger charge is 2.21. The summed E-state index contributed by atoms with van der Waals surface area (Å²) in [6.45, 7) is 7.25. The average Bonchev–Trinajstić information content (AvgIpc) is 2.54. The zero-order valence-corrected chi connectivity index (χ0v) is 8.60. The Hall–Kier alpha value is -0.940. The molecule has 1 aromatic rings. The van der Waals surface area contributed by atoms with E-state index in [0.717, 1.165) is 25.5 Å². The molecular weight excluding hydrogens is 180 g/mol. The number of piperazine rings is 1. The molecule has 5 heteroatoms. The van der Waals surface area contributed by atoms with E-state index in [2.05, 4.69) is 34.2 Å². The molecular formula is C9H16N4O. The highest BCUT2D eigenvalue weighted by molar-refractivity contribution is 4.85. The van der Waals surface area contributed by atoms with Crippen molar-refractivity contribution in [1.29, 1.82) is 0 Å². The van der Waals surface area contributed by atoms with Crippen molar-refractivity contribution in [2.45, 2.75) is 32.5 Å². The highest BCUT2D eigenvalue weighted by atomic mass is 16.5. The van der Waals surface area contributed by atoms with Crippen molar-refractivity contribution in [2.24, 2.45) is 0 Å². The van der Waals surface area contributed by atoms with Crippen LogP contribution in [0.1, 0.15) is 19.7 Å². The van der Waals surface area contributed by atoms with Gasteiger partial charge in [-0.3, -0.25) is 4.90 Å². The second kappa shape index (κ2) is 4.06. The minimum Gasteiger partial charge on any atom is -0.343 e. The van der Waals surface area contributed by atoms with Gasteiger partial charge in [0.15, 0.2) is 5.82 Å². The SMILES string of the molecule is CC1CN(Cc2ncon2)CC(C)N1. The standard InChI is InChI=1S/C9H16N4O/c1-7-3-13(4-8(2)11-7)5-9-10-6-14-12-9/h6-8,11H,3-5H2,1-2H3. The summed E-state index contributed by atoms with van der Waals surface area (Å²) in [6, 6.07) is 1.07. The Morgan fingerprint density at radius 3 is 2.79 bits per heavy atom. The van der Waals surface area contributed by atoms with Crippen molar-refractivity contribution in [3.63, 3.8) is 0 Å². The fraction of sp³-hybridized carbons (Fsp3) is 0.778. The van der Waals surface area contributed by atoms with Crippen molar-refractivity contribution < 1.29 is 4.52 Å².